The van der Waals surface area contributed by atoms with Gasteiger partial charge in [-0.2, -0.15) is 0 Å². The Labute approximate surface area is 160 Å². The molecule has 0 saturated heterocycles. The summed E-state index contributed by atoms with van der Waals surface area (Å²) in [5.74, 6) is -0.840. The number of nitrogens with zero attached hydrogens (tertiary/aromatic N) is 2. The number of nitrogens with one attached hydrogen (secondary N) is 1. The summed E-state index contributed by atoms with van der Waals surface area (Å²) in [4.78, 5) is 37.0. The smallest absolute Gasteiger partial charge is 0.325 e. The summed E-state index contributed by atoms with van der Waals surface area (Å²) in [6, 6.07) is 14.3. The number of rotatable bonds is 6. The van der Waals surface area contributed by atoms with Gasteiger partial charge in [0.05, 0.1) is 6.54 Å². The summed E-state index contributed by atoms with van der Waals surface area (Å²) in [7, 11) is 0. The van der Waals surface area contributed by atoms with E-state index in [1.54, 1.807) is 24.3 Å². The SMILES string of the molecule is CCc1ccc(NC(=O)Cn2c(=O)ccn(Cc3ccc(F)cc3)c2=O)cc1. The van der Waals surface area contributed by atoms with Crippen molar-refractivity contribution >= 4 is 11.6 Å². The van der Waals surface area contributed by atoms with Crippen molar-refractivity contribution in [3.8, 4) is 0 Å². The van der Waals surface area contributed by atoms with E-state index in [2.05, 4.69) is 5.32 Å². The highest BCUT2D eigenvalue weighted by Gasteiger charge is 2.11. The summed E-state index contributed by atoms with van der Waals surface area (Å²) in [5.41, 5.74) is 1.28. The molecule has 0 aliphatic rings. The molecule has 3 rings (SSSR count). The monoisotopic (exact) mass is 381 g/mol. The molecule has 7 heteroatoms. The van der Waals surface area contributed by atoms with Crippen LogP contribution in [0.25, 0.3) is 0 Å². The van der Waals surface area contributed by atoms with Gasteiger partial charge in [0.25, 0.3) is 5.56 Å². The van der Waals surface area contributed by atoms with Gasteiger partial charge in [-0.1, -0.05) is 31.2 Å². The number of aromatic nitrogens is 2. The molecule has 0 bridgehead atoms. The highest BCUT2D eigenvalue weighted by molar-refractivity contribution is 5.90. The number of carbonyl (C=O) groups is 1. The first kappa shape index (κ1) is 19.3. The van der Waals surface area contributed by atoms with Crippen molar-refractivity contribution in [3.05, 3.63) is 98.6 Å². The number of aryl methyl sites for hydroxylation is 1. The van der Waals surface area contributed by atoms with Crippen LogP contribution in [-0.4, -0.2) is 15.0 Å². The molecular formula is C21H20FN3O3. The van der Waals surface area contributed by atoms with E-state index >= 15 is 0 Å². The Balaban J connectivity index is 1.77. The van der Waals surface area contributed by atoms with Gasteiger partial charge in [0.15, 0.2) is 0 Å². The zero-order chi connectivity index (χ0) is 20.1. The average Bonchev–Trinajstić information content (AvgIpc) is 2.69. The van der Waals surface area contributed by atoms with Gasteiger partial charge >= 0.3 is 5.69 Å². The van der Waals surface area contributed by atoms with Gasteiger partial charge in [-0.3, -0.25) is 18.7 Å². The Morgan fingerprint density at radius 2 is 1.61 bits per heavy atom. The third kappa shape index (κ3) is 4.62. The first-order valence-electron chi connectivity index (χ1n) is 8.90. The van der Waals surface area contributed by atoms with Crippen molar-refractivity contribution in [2.75, 3.05) is 5.32 Å². The van der Waals surface area contributed by atoms with Crippen LogP contribution in [0, 0.1) is 5.82 Å². The minimum atomic E-state index is -0.603. The predicted molar refractivity (Wildman–Crippen MR) is 105 cm³/mol. The lowest BCUT2D eigenvalue weighted by Crippen LogP contribution is -2.41. The van der Waals surface area contributed by atoms with Gasteiger partial charge in [0.2, 0.25) is 5.91 Å². The molecule has 28 heavy (non-hydrogen) atoms. The Morgan fingerprint density at radius 3 is 2.25 bits per heavy atom. The van der Waals surface area contributed by atoms with Crippen LogP contribution >= 0.6 is 0 Å². The molecule has 0 atom stereocenters. The van der Waals surface area contributed by atoms with Gasteiger partial charge < -0.3 is 5.32 Å². The van der Waals surface area contributed by atoms with E-state index in [0.29, 0.717) is 11.3 Å². The Hall–Kier alpha value is -3.48. The lowest BCUT2D eigenvalue weighted by molar-refractivity contribution is -0.116. The fourth-order valence-electron chi connectivity index (χ4n) is 2.78. The fourth-order valence-corrected chi connectivity index (χ4v) is 2.78. The standard InChI is InChI=1S/C21H20FN3O3/c1-2-15-5-9-18(10-6-15)23-19(26)14-25-20(27)11-12-24(21(25)28)13-16-3-7-17(22)8-4-16/h3-12H,2,13-14H2,1H3,(H,23,26). The van der Waals surface area contributed by atoms with Crippen molar-refractivity contribution < 1.29 is 9.18 Å². The summed E-state index contributed by atoms with van der Waals surface area (Å²) >= 11 is 0. The van der Waals surface area contributed by atoms with Crippen molar-refractivity contribution in [2.24, 2.45) is 0 Å². The van der Waals surface area contributed by atoms with Crippen LogP contribution in [0.15, 0.2) is 70.4 Å². The van der Waals surface area contributed by atoms with E-state index in [4.69, 9.17) is 0 Å². The minimum absolute atomic E-state index is 0.166. The maximum atomic E-state index is 13.0. The third-order valence-electron chi connectivity index (χ3n) is 4.35. The van der Waals surface area contributed by atoms with Crippen LogP contribution in [-0.2, 0) is 24.3 Å². The second kappa shape index (κ2) is 8.47. The maximum Gasteiger partial charge on any atom is 0.331 e. The fraction of sp³-hybridized carbons (Fsp3) is 0.190. The molecule has 0 saturated carbocycles. The molecule has 0 unspecified atom stereocenters. The second-order valence-corrected chi connectivity index (χ2v) is 6.38. The van der Waals surface area contributed by atoms with E-state index in [1.807, 2.05) is 19.1 Å². The van der Waals surface area contributed by atoms with Crippen LogP contribution in [0.2, 0.25) is 0 Å². The van der Waals surface area contributed by atoms with Gasteiger partial charge in [-0.25, -0.2) is 9.18 Å². The molecule has 0 aliphatic carbocycles. The highest BCUT2D eigenvalue weighted by atomic mass is 19.1. The van der Waals surface area contributed by atoms with Gasteiger partial charge in [0, 0.05) is 18.0 Å². The zero-order valence-corrected chi connectivity index (χ0v) is 15.4. The molecule has 0 radical (unpaired) electrons. The molecule has 2 aromatic carbocycles. The van der Waals surface area contributed by atoms with E-state index in [9.17, 15) is 18.8 Å². The van der Waals surface area contributed by atoms with Gasteiger partial charge in [-0.15, -0.1) is 0 Å². The van der Waals surface area contributed by atoms with Crippen molar-refractivity contribution in [2.45, 2.75) is 26.4 Å². The van der Waals surface area contributed by atoms with Crippen LogP contribution < -0.4 is 16.6 Å². The number of carbonyl (C=O) groups excluding carboxylic acids is 1. The number of anilines is 1. The summed E-state index contributed by atoms with van der Waals surface area (Å²) in [6.45, 7) is 1.81. The van der Waals surface area contributed by atoms with Crippen molar-refractivity contribution in [1.29, 1.82) is 0 Å². The molecule has 144 valence electrons. The molecule has 1 heterocycles. The predicted octanol–water partition coefficient (Wildman–Crippen LogP) is 2.40. The molecule has 6 nitrogen and oxygen atoms in total. The molecule has 1 amide bonds. The molecule has 0 spiro atoms. The number of amides is 1. The normalized spacial score (nSPS) is 10.6. The summed E-state index contributed by atoms with van der Waals surface area (Å²) in [5, 5.41) is 2.68. The molecule has 0 fully saturated rings. The Morgan fingerprint density at radius 1 is 0.964 bits per heavy atom. The molecule has 3 aromatic rings. The molecular weight excluding hydrogens is 361 g/mol. The second-order valence-electron chi connectivity index (χ2n) is 6.38. The Bertz CT molecular complexity index is 1080. The average molecular weight is 381 g/mol. The minimum Gasteiger partial charge on any atom is -0.325 e. The largest absolute Gasteiger partial charge is 0.331 e. The number of hydrogen-bond acceptors (Lipinski definition) is 3. The zero-order valence-electron chi connectivity index (χ0n) is 15.4. The maximum absolute atomic E-state index is 13.0. The Kier molecular flexibility index (Phi) is 5.84. The summed E-state index contributed by atoms with van der Waals surface area (Å²) < 4.78 is 15.2. The highest BCUT2D eigenvalue weighted by Crippen LogP contribution is 2.10. The lowest BCUT2D eigenvalue weighted by Gasteiger charge is -2.11. The van der Waals surface area contributed by atoms with Crippen molar-refractivity contribution in [1.82, 2.24) is 9.13 Å². The van der Waals surface area contributed by atoms with E-state index < -0.39 is 23.7 Å². The van der Waals surface area contributed by atoms with Crippen LogP contribution in [0.5, 0.6) is 0 Å². The van der Waals surface area contributed by atoms with Crippen LogP contribution in [0.4, 0.5) is 10.1 Å². The van der Waals surface area contributed by atoms with E-state index in [-0.39, 0.29) is 12.4 Å². The first-order valence-corrected chi connectivity index (χ1v) is 8.90. The topological polar surface area (TPSA) is 73.1 Å². The van der Waals surface area contributed by atoms with E-state index in [1.165, 1.54) is 29.0 Å². The summed E-state index contributed by atoms with van der Waals surface area (Å²) in [6.07, 6.45) is 2.26. The first-order chi connectivity index (χ1) is 13.5. The number of benzene rings is 2. The molecule has 0 aliphatic heterocycles. The number of hydrogen-bond donors (Lipinski definition) is 1. The van der Waals surface area contributed by atoms with E-state index in [0.717, 1.165) is 16.6 Å². The van der Waals surface area contributed by atoms with Gasteiger partial charge in [0.1, 0.15) is 12.4 Å². The van der Waals surface area contributed by atoms with Crippen molar-refractivity contribution in [3.63, 3.8) is 0 Å². The molecule has 1 N–H and O–H groups in total. The molecule has 1 aromatic heterocycles. The third-order valence-corrected chi connectivity index (χ3v) is 4.35. The van der Waals surface area contributed by atoms with Crippen LogP contribution in [0.3, 0.4) is 0 Å². The lowest BCUT2D eigenvalue weighted by atomic mass is 10.1. The number of halogens is 1. The quantitative estimate of drug-likeness (QED) is 0.713. The van der Waals surface area contributed by atoms with Crippen LogP contribution in [0.1, 0.15) is 18.1 Å². The van der Waals surface area contributed by atoms with Gasteiger partial charge in [-0.05, 0) is 41.8 Å².